The molecular weight excluding hydrogens is 383 g/mol. The topological polar surface area (TPSA) is 72.2 Å². The third kappa shape index (κ3) is 3.48. The van der Waals surface area contributed by atoms with Crippen LogP contribution in [0, 0.1) is 12.7 Å². The molecule has 2 aromatic carbocycles. The Bertz CT molecular complexity index is 812. The van der Waals surface area contributed by atoms with Crippen molar-refractivity contribution in [2.45, 2.75) is 11.8 Å². The van der Waals surface area contributed by atoms with Crippen LogP contribution in [0.2, 0.25) is 5.02 Å². The predicted octanol–water partition coefficient (Wildman–Crippen LogP) is 3.93. The van der Waals surface area contributed by atoms with Gasteiger partial charge in [0, 0.05) is 10.2 Å². The maximum Gasteiger partial charge on any atom is 0.262 e. The average Bonchev–Trinajstić information content (AvgIpc) is 2.37. The minimum Gasteiger partial charge on any atom is -0.398 e. The van der Waals surface area contributed by atoms with Gasteiger partial charge in [-0.2, -0.15) is 0 Å². The van der Waals surface area contributed by atoms with Crippen LogP contribution in [0.5, 0.6) is 0 Å². The predicted molar refractivity (Wildman–Crippen MR) is 85.5 cm³/mol. The van der Waals surface area contributed by atoms with Crippen LogP contribution in [0.3, 0.4) is 0 Å². The second kappa shape index (κ2) is 5.82. The molecular formula is C13H11BrClFN2O2S. The summed E-state index contributed by atoms with van der Waals surface area (Å²) in [7, 11) is -3.87. The number of hydrogen-bond acceptors (Lipinski definition) is 3. The number of nitrogen functional groups attached to an aromatic ring is 1. The molecule has 0 atom stereocenters. The quantitative estimate of drug-likeness (QED) is 0.776. The van der Waals surface area contributed by atoms with Crippen molar-refractivity contribution < 1.29 is 12.8 Å². The van der Waals surface area contributed by atoms with Gasteiger partial charge in [-0.1, -0.05) is 11.6 Å². The van der Waals surface area contributed by atoms with E-state index in [-0.39, 0.29) is 15.6 Å². The molecule has 0 heterocycles. The second-order valence-corrected chi connectivity index (χ2v) is 7.29. The van der Waals surface area contributed by atoms with E-state index in [2.05, 4.69) is 20.7 Å². The third-order valence-corrected chi connectivity index (χ3v) is 5.27. The molecule has 0 bridgehead atoms. The van der Waals surface area contributed by atoms with E-state index >= 15 is 0 Å². The first kappa shape index (κ1) is 16.1. The zero-order valence-corrected chi connectivity index (χ0v) is 14.0. The van der Waals surface area contributed by atoms with Crippen molar-refractivity contribution in [1.82, 2.24) is 0 Å². The zero-order chi connectivity index (χ0) is 15.8. The number of halogens is 3. The van der Waals surface area contributed by atoms with Crippen LogP contribution in [0.4, 0.5) is 15.8 Å². The molecule has 0 aliphatic carbocycles. The molecule has 2 rings (SSSR count). The van der Waals surface area contributed by atoms with E-state index in [0.717, 1.165) is 6.07 Å². The summed E-state index contributed by atoms with van der Waals surface area (Å²) in [4.78, 5) is 0.0264. The molecule has 3 N–H and O–H groups in total. The number of aryl methyl sites for hydroxylation is 1. The van der Waals surface area contributed by atoms with Gasteiger partial charge in [0.25, 0.3) is 10.0 Å². The fourth-order valence-electron chi connectivity index (χ4n) is 1.73. The van der Waals surface area contributed by atoms with Crippen molar-refractivity contribution in [3.8, 4) is 0 Å². The lowest BCUT2D eigenvalue weighted by Gasteiger charge is -2.12. The summed E-state index contributed by atoms with van der Waals surface area (Å²) >= 11 is 8.79. The van der Waals surface area contributed by atoms with E-state index in [1.165, 1.54) is 18.2 Å². The van der Waals surface area contributed by atoms with Crippen LogP contribution in [0.15, 0.2) is 39.7 Å². The van der Waals surface area contributed by atoms with Gasteiger partial charge in [0.2, 0.25) is 0 Å². The molecule has 0 fully saturated rings. The van der Waals surface area contributed by atoms with Crippen LogP contribution < -0.4 is 10.5 Å². The van der Waals surface area contributed by atoms with Crippen LogP contribution in [0.1, 0.15) is 5.56 Å². The van der Waals surface area contributed by atoms with Gasteiger partial charge in [-0.15, -0.1) is 0 Å². The largest absolute Gasteiger partial charge is 0.398 e. The van der Waals surface area contributed by atoms with Gasteiger partial charge in [-0.05, 0) is 58.7 Å². The Morgan fingerprint density at radius 2 is 1.95 bits per heavy atom. The van der Waals surface area contributed by atoms with Gasteiger partial charge < -0.3 is 5.73 Å². The number of hydrogen-bond donors (Lipinski definition) is 2. The lowest BCUT2D eigenvalue weighted by Crippen LogP contribution is -2.15. The Morgan fingerprint density at radius 3 is 2.57 bits per heavy atom. The van der Waals surface area contributed by atoms with Gasteiger partial charge in [-0.3, -0.25) is 4.72 Å². The third-order valence-electron chi connectivity index (χ3n) is 2.76. The van der Waals surface area contributed by atoms with Crippen molar-refractivity contribution in [3.63, 3.8) is 0 Å². The Labute approximate surface area is 135 Å². The van der Waals surface area contributed by atoms with Crippen molar-refractivity contribution in [2.24, 2.45) is 0 Å². The van der Waals surface area contributed by atoms with E-state index in [9.17, 15) is 12.8 Å². The molecule has 0 radical (unpaired) electrons. The number of rotatable bonds is 3. The smallest absolute Gasteiger partial charge is 0.262 e. The Kier molecular flexibility index (Phi) is 4.46. The summed E-state index contributed by atoms with van der Waals surface area (Å²) in [6.07, 6.45) is 0. The number of sulfonamides is 1. The number of nitrogens with two attached hydrogens (primary N) is 1. The molecule has 0 amide bonds. The highest BCUT2D eigenvalue weighted by Gasteiger charge is 2.19. The van der Waals surface area contributed by atoms with Gasteiger partial charge >= 0.3 is 0 Å². The molecule has 112 valence electrons. The highest BCUT2D eigenvalue weighted by molar-refractivity contribution is 9.10. The van der Waals surface area contributed by atoms with Crippen LogP contribution in [-0.2, 0) is 10.0 Å². The summed E-state index contributed by atoms with van der Waals surface area (Å²) in [5.41, 5.74) is 6.60. The SMILES string of the molecule is Cc1cc(Br)c(N)cc1S(=O)(=O)Nc1ccc(Cl)c(F)c1. The highest BCUT2D eigenvalue weighted by atomic mass is 79.9. The first-order chi connectivity index (χ1) is 9.70. The highest BCUT2D eigenvalue weighted by Crippen LogP contribution is 2.28. The molecule has 8 heteroatoms. The molecule has 0 aliphatic heterocycles. The molecule has 0 saturated heterocycles. The normalized spacial score (nSPS) is 11.4. The van der Waals surface area contributed by atoms with E-state index in [1.54, 1.807) is 13.0 Å². The minimum absolute atomic E-state index is 0.0264. The molecule has 21 heavy (non-hydrogen) atoms. The summed E-state index contributed by atoms with van der Waals surface area (Å²) in [6, 6.07) is 6.61. The van der Waals surface area contributed by atoms with Crippen molar-refractivity contribution in [2.75, 3.05) is 10.5 Å². The first-order valence-electron chi connectivity index (χ1n) is 5.74. The molecule has 0 unspecified atom stereocenters. The van der Waals surface area contributed by atoms with E-state index in [4.69, 9.17) is 17.3 Å². The molecule has 0 spiro atoms. The zero-order valence-electron chi connectivity index (χ0n) is 10.8. The second-order valence-electron chi connectivity index (χ2n) is 4.37. The minimum atomic E-state index is -3.87. The van der Waals surface area contributed by atoms with E-state index in [1.807, 2.05) is 0 Å². The molecule has 4 nitrogen and oxygen atoms in total. The fourth-order valence-corrected chi connectivity index (χ4v) is 3.62. The Hall–Kier alpha value is -1.31. The van der Waals surface area contributed by atoms with Gasteiger partial charge in [0.15, 0.2) is 0 Å². The summed E-state index contributed by atoms with van der Waals surface area (Å²) < 4.78 is 41.0. The van der Waals surface area contributed by atoms with Crippen molar-refractivity contribution in [3.05, 3.63) is 51.2 Å². The molecule has 0 aliphatic rings. The lowest BCUT2D eigenvalue weighted by atomic mass is 10.2. The lowest BCUT2D eigenvalue weighted by molar-refractivity contribution is 0.600. The first-order valence-corrected chi connectivity index (χ1v) is 8.39. The summed E-state index contributed by atoms with van der Waals surface area (Å²) in [5, 5.41) is -0.0815. The maximum absolute atomic E-state index is 13.4. The van der Waals surface area contributed by atoms with Crippen molar-refractivity contribution >= 4 is 48.9 Å². The Morgan fingerprint density at radius 1 is 1.29 bits per heavy atom. The van der Waals surface area contributed by atoms with Crippen LogP contribution in [0.25, 0.3) is 0 Å². The van der Waals surface area contributed by atoms with Gasteiger partial charge in [0.05, 0.1) is 15.6 Å². The molecule has 0 saturated carbocycles. The van der Waals surface area contributed by atoms with E-state index < -0.39 is 15.8 Å². The van der Waals surface area contributed by atoms with Gasteiger partial charge in [0.1, 0.15) is 5.82 Å². The van der Waals surface area contributed by atoms with Crippen LogP contribution in [-0.4, -0.2) is 8.42 Å². The molecule has 0 aromatic heterocycles. The summed E-state index contributed by atoms with van der Waals surface area (Å²) in [5.74, 6) is -0.705. The van der Waals surface area contributed by atoms with Gasteiger partial charge in [-0.25, -0.2) is 12.8 Å². The number of anilines is 2. The summed E-state index contributed by atoms with van der Waals surface area (Å²) in [6.45, 7) is 1.64. The fraction of sp³-hybridized carbons (Fsp3) is 0.0769. The maximum atomic E-state index is 13.4. The standard InChI is InChI=1S/C13H11BrClFN2O2S/c1-7-4-9(14)12(17)6-13(7)21(19,20)18-8-2-3-10(15)11(16)5-8/h2-6,18H,17H2,1H3. The van der Waals surface area contributed by atoms with E-state index in [0.29, 0.717) is 15.7 Å². The average molecular weight is 394 g/mol. The number of benzene rings is 2. The van der Waals surface area contributed by atoms with Crippen LogP contribution >= 0.6 is 27.5 Å². The monoisotopic (exact) mass is 392 g/mol. The molecule has 2 aromatic rings. The number of nitrogens with one attached hydrogen (secondary N) is 1. The Balaban J connectivity index is 2.43. The van der Waals surface area contributed by atoms with Crippen molar-refractivity contribution in [1.29, 1.82) is 0 Å².